The number of esters is 1. The Bertz CT molecular complexity index is 1420. The molecule has 1 amide bonds. The van der Waals surface area contributed by atoms with Crippen molar-refractivity contribution in [2.45, 2.75) is 45.7 Å². The Morgan fingerprint density at radius 2 is 1.54 bits per heavy atom. The lowest BCUT2D eigenvalue weighted by atomic mass is 10.1. The summed E-state index contributed by atoms with van der Waals surface area (Å²) < 4.78 is 6.64. The van der Waals surface area contributed by atoms with Gasteiger partial charge in [-0.25, -0.2) is 4.98 Å². The maximum atomic E-state index is 13.8. The smallest absolute Gasteiger partial charge is 0.306 e. The van der Waals surface area contributed by atoms with E-state index in [0.717, 1.165) is 5.56 Å². The molecule has 3 aromatic carbocycles. The lowest BCUT2D eigenvalue weighted by Gasteiger charge is -2.32. The summed E-state index contributed by atoms with van der Waals surface area (Å²) in [5.41, 5.74) is 2.01. The van der Waals surface area contributed by atoms with E-state index in [9.17, 15) is 14.4 Å². The highest BCUT2D eigenvalue weighted by Gasteiger charge is 2.29. The molecule has 0 fully saturated rings. The third-order valence-corrected chi connectivity index (χ3v) is 6.24. The number of ether oxygens (including phenoxy) is 1. The van der Waals surface area contributed by atoms with Crippen LogP contribution in [-0.4, -0.2) is 32.9 Å². The van der Waals surface area contributed by atoms with Crippen molar-refractivity contribution in [3.63, 3.8) is 0 Å². The molecule has 0 saturated heterocycles. The second-order valence-corrected chi connectivity index (χ2v) is 8.70. The number of nitrogens with zero attached hydrogens (tertiary/aromatic N) is 3. The molecule has 190 valence electrons. The Kier molecular flexibility index (Phi) is 8.46. The monoisotopic (exact) mass is 497 g/mol. The van der Waals surface area contributed by atoms with Crippen molar-refractivity contribution >= 4 is 22.8 Å². The van der Waals surface area contributed by atoms with Gasteiger partial charge in [-0.05, 0) is 43.2 Å². The minimum atomic E-state index is -0.507. The van der Waals surface area contributed by atoms with Gasteiger partial charge in [0, 0.05) is 13.0 Å². The lowest BCUT2D eigenvalue weighted by Crippen LogP contribution is -2.38. The zero-order chi connectivity index (χ0) is 26.2. The predicted molar refractivity (Wildman–Crippen MR) is 143 cm³/mol. The molecule has 1 unspecified atom stereocenters. The lowest BCUT2D eigenvalue weighted by molar-refractivity contribution is -0.146. The summed E-state index contributed by atoms with van der Waals surface area (Å²) in [6.45, 7) is 4.29. The zero-order valence-corrected chi connectivity index (χ0v) is 21.2. The van der Waals surface area contributed by atoms with Crippen molar-refractivity contribution in [1.29, 1.82) is 0 Å². The van der Waals surface area contributed by atoms with Crippen LogP contribution in [0.25, 0.3) is 16.6 Å². The van der Waals surface area contributed by atoms with Gasteiger partial charge >= 0.3 is 5.97 Å². The maximum absolute atomic E-state index is 13.8. The number of carbonyl (C=O) groups excluding carboxylic acids is 2. The Morgan fingerprint density at radius 3 is 2.22 bits per heavy atom. The number of hydrogen-bond donors (Lipinski definition) is 0. The molecule has 7 nitrogen and oxygen atoms in total. The Morgan fingerprint density at radius 1 is 0.892 bits per heavy atom. The number of rotatable bonds is 10. The van der Waals surface area contributed by atoms with Crippen molar-refractivity contribution in [1.82, 2.24) is 14.5 Å². The molecule has 4 rings (SSSR count). The third kappa shape index (κ3) is 5.94. The molecule has 7 heteroatoms. The van der Waals surface area contributed by atoms with Crippen molar-refractivity contribution in [3.05, 3.63) is 107 Å². The molecule has 0 N–H and O–H groups in total. The summed E-state index contributed by atoms with van der Waals surface area (Å²) in [5, 5.41) is 0.508. The van der Waals surface area contributed by atoms with Crippen LogP contribution >= 0.6 is 0 Å². The zero-order valence-electron chi connectivity index (χ0n) is 21.2. The average Bonchev–Trinajstić information content (AvgIpc) is 2.93. The molecule has 0 radical (unpaired) electrons. The van der Waals surface area contributed by atoms with E-state index < -0.39 is 12.0 Å². The summed E-state index contributed by atoms with van der Waals surface area (Å²) in [4.78, 5) is 46.1. The maximum Gasteiger partial charge on any atom is 0.306 e. The van der Waals surface area contributed by atoms with E-state index in [1.54, 1.807) is 22.5 Å². The minimum absolute atomic E-state index is 0.00528. The molecular formula is C30H31N3O4. The minimum Gasteiger partial charge on any atom is -0.466 e. The largest absolute Gasteiger partial charge is 0.466 e. The van der Waals surface area contributed by atoms with Crippen LogP contribution in [0.1, 0.15) is 50.5 Å². The predicted octanol–water partition coefficient (Wildman–Crippen LogP) is 5.21. The van der Waals surface area contributed by atoms with Crippen LogP contribution in [0, 0.1) is 0 Å². The summed E-state index contributed by atoms with van der Waals surface area (Å²) in [7, 11) is 0. The Labute approximate surface area is 216 Å². The first-order valence-electron chi connectivity index (χ1n) is 12.6. The molecule has 1 atom stereocenters. The van der Waals surface area contributed by atoms with Gasteiger partial charge in [-0.1, -0.05) is 67.6 Å². The molecule has 0 bridgehead atoms. The fourth-order valence-corrected chi connectivity index (χ4v) is 4.48. The van der Waals surface area contributed by atoms with Crippen LogP contribution in [0.15, 0.2) is 89.7 Å². The van der Waals surface area contributed by atoms with E-state index in [0.29, 0.717) is 35.4 Å². The average molecular weight is 498 g/mol. The molecule has 4 aromatic rings. The number of benzene rings is 3. The molecule has 0 spiro atoms. The highest BCUT2D eigenvalue weighted by molar-refractivity contribution is 5.82. The van der Waals surface area contributed by atoms with E-state index in [1.165, 1.54) is 0 Å². The van der Waals surface area contributed by atoms with E-state index in [1.807, 2.05) is 85.8 Å². The van der Waals surface area contributed by atoms with Crippen LogP contribution in [0.5, 0.6) is 0 Å². The second kappa shape index (κ2) is 12.1. The fraction of sp³-hybridized carbons (Fsp3) is 0.267. The molecule has 37 heavy (non-hydrogen) atoms. The molecule has 1 aromatic heterocycles. The summed E-state index contributed by atoms with van der Waals surface area (Å²) >= 11 is 0. The summed E-state index contributed by atoms with van der Waals surface area (Å²) in [6.07, 6.45) is 0.520. The fourth-order valence-electron chi connectivity index (χ4n) is 4.48. The third-order valence-electron chi connectivity index (χ3n) is 6.24. The number of aromatic nitrogens is 2. The van der Waals surface area contributed by atoms with E-state index in [-0.39, 0.29) is 30.9 Å². The standard InChI is InChI=1S/C30H31N3O4/c1-3-26(32(21-22-13-7-5-8-14-22)27(34)19-20-28(35)37-4-2)29-31-25-18-12-11-17-24(25)30(36)33(29)23-15-9-6-10-16-23/h5-18,26H,3-4,19-21H2,1-2H3. The molecular weight excluding hydrogens is 466 g/mol. The topological polar surface area (TPSA) is 81.5 Å². The van der Waals surface area contributed by atoms with Crippen LogP contribution in [0.3, 0.4) is 0 Å². The van der Waals surface area contributed by atoms with Gasteiger partial charge in [0.05, 0.1) is 35.7 Å². The van der Waals surface area contributed by atoms with Gasteiger partial charge in [-0.3, -0.25) is 19.0 Å². The Balaban J connectivity index is 1.84. The van der Waals surface area contributed by atoms with Gasteiger partial charge in [0.25, 0.3) is 5.56 Å². The van der Waals surface area contributed by atoms with Crippen LogP contribution in [-0.2, 0) is 20.9 Å². The number of carbonyl (C=O) groups is 2. The quantitative estimate of drug-likeness (QED) is 0.281. The van der Waals surface area contributed by atoms with Gasteiger partial charge in [-0.2, -0.15) is 0 Å². The first-order chi connectivity index (χ1) is 18.0. The summed E-state index contributed by atoms with van der Waals surface area (Å²) in [6, 6.07) is 25.8. The van der Waals surface area contributed by atoms with Gasteiger partial charge in [-0.15, -0.1) is 0 Å². The van der Waals surface area contributed by atoms with Crippen molar-refractivity contribution in [2.24, 2.45) is 0 Å². The van der Waals surface area contributed by atoms with Crippen molar-refractivity contribution in [2.75, 3.05) is 6.61 Å². The summed E-state index contributed by atoms with van der Waals surface area (Å²) in [5.74, 6) is -0.128. The first kappa shape index (κ1) is 25.8. The highest BCUT2D eigenvalue weighted by Crippen LogP contribution is 2.28. The van der Waals surface area contributed by atoms with Crippen molar-refractivity contribution in [3.8, 4) is 5.69 Å². The SMILES string of the molecule is CCOC(=O)CCC(=O)N(Cc1ccccc1)C(CC)c1nc2ccccc2c(=O)n1-c1ccccc1. The van der Waals surface area contributed by atoms with Crippen LogP contribution < -0.4 is 5.56 Å². The van der Waals surface area contributed by atoms with Crippen LogP contribution in [0.4, 0.5) is 0 Å². The molecule has 0 aliphatic rings. The molecule has 0 aliphatic carbocycles. The van der Waals surface area contributed by atoms with Crippen molar-refractivity contribution < 1.29 is 14.3 Å². The van der Waals surface area contributed by atoms with E-state index in [4.69, 9.17) is 9.72 Å². The normalized spacial score (nSPS) is 11.7. The molecule has 0 saturated carbocycles. The van der Waals surface area contributed by atoms with E-state index in [2.05, 4.69) is 0 Å². The van der Waals surface area contributed by atoms with Gasteiger partial charge < -0.3 is 9.64 Å². The van der Waals surface area contributed by atoms with Gasteiger partial charge in [0.2, 0.25) is 5.91 Å². The number of amides is 1. The first-order valence-corrected chi connectivity index (χ1v) is 12.6. The Hall–Kier alpha value is -4.26. The van der Waals surface area contributed by atoms with E-state index >= 15 is 0 Å². The second-order valence-electron chi connectivity index (χ2n) is 8.70. The molecule has 1 heterocycles. The number of fused-ring (bicyclic) bond motifs is 1. The van der Waals surface area contributed by atoms with Gasteiger partial charge in [0.1, 0.15) is 5.82 Å². The van der Waals surface area contributed by atoms with Crippen LogP contribution in [0.2, 0.25) is 0 Å². The highest BCUT2D eigenvalue weighted by atomic mass is 16.5. The number of hydrogen-bond acceptors (Lipinski definition) is 5. The molecule has 0 aliphatic heterocycles. The van der Waals surface area contributed by atoms with Gasteiger partial charge in [0.15, 0.2) is 0 Å². The number of para-hydroxylation sites is 2.